The smallest absolute Gasteiger partial charge is 0.288 e. The molecule has 3 nitrogen and oxygen atoms in total. The summed E-state index contributed by atoms with van der Waals surface area (Å²) in [6, 6.07) is 4.22. The molecule has 0 saturated carbocycles. The van der Waals surface area contributed by atoms with Crippen molar-refractivity contribution >= 4 is 11.2 Å². The quantitative estimate of drug-likeness (QED) is 0.595. The standard InChI is InChI=1S/C15H9F6N3/c1-8-7-22-11-6-12(15(19,20)21)24(13(11)23-8)10-4-2-9(3-5-10)14(16,17)18/h2-7H,1H3. The maximum absolute atomic E-state index is 13.3. The molecule has 3 rings (SSSR count). The van der Waals surface area contributed by atoms with Crippen molar-refractivity contribution in [3.63, 3.8) is 0 Å². The topological polar surface area (TPSA) is 30.7 Å². The Labute approximate surface area is 131 Å². The minimum absolute atomic E-state index is 0.00724. The Kier molecular flexibility index (Phi) is 3.54. The second-order valence-electron chi connectivity index (χ2n) is 5.13. The summed E-state index contributed by atoms with van der Waals surface area (Å²) in [5.74, 6) is 0. The van der Waals surface area contributed by atoms with Gasteiger partial charge in [0.15, 0.2) is 5.65 Å². The first-order chi connectivity index (χ1) is 11.1. The number of hydrogen-bond acceptors (Lipinski definition) is 2. The fourth-order valence-corrected chi connectivity index (χ4v) is 2.32. The SMILES string of the molecule is Cc1cnc2cc(C(F)(F)F)n(-c3ccc(C(F)(F)F)cc3)c2n1. The summed E-state index contributed by atoms with van der Waals surface area (Å²) >= 11 is 0. The molecule has 0 aliphatic rings. The first-order valence-electron chi connectivity index (χ1n) is 6.67. The number of fused-ring (bicyclic) bond motifs is 1. The molecule has 0 aliphatic carbocycles. The third kappa shape index (κ3) is 2.81. The fraction of sp³-hybridized carbons (Fsp3) is 0.200. The molecule has 2 heterocycles. The number of hydrogen-bond donors (Lipinski definition) is 0. The van der Waals surface area contributed by atoms with E-state index in [0.717, 1.165) is 34.9 Å². The molecule has 3 aromatic rings. The third-order valence-corrected chi connectivity index (χ3v) is 3.37. The average molecular weight is 345 g/mol. The van der Waals surface area contributed by atoms with Crippen LogP contribution in [-0.4, -0.2) is 14.5 Å². The maximum Gasteiger partial charge on any atom is 0.431 e. The Bertz CT molecular complexity index is 890. The second kappa shape index (κ2) is 5.22. The first kappa shape index (κ1) is 16.3. The molecule has 2 aromatic heterocycles. The van der Waals surface area contributed by atoms with E-state index in [1.165, 1.54) is 6.20 Å². The largest absolute Gasteiger partial charge is 0.431 e. The van der Waals surface area contributed by atoms with Gasteiger partial charge in [0, 0.05) is 11.9 Å². The van der Waals surface area contributed by atoms with Gasteiger partial charge in [-0.2, -0.15) is 26.3 Å². The summed E-state index contributed by atoms with van der Waals surface area (Å²) in [7, 11) is 0. The van der Waals surface area contributed by atoms with Crippen LogP contribution >= 0.6 is 0 Å². The molecular weight excluding hydrogens is 336 g/mol. The molecule has 126 valence electrons. The molecule has 0 amide bonds. The van der Waals surface area contributed by atoms with E-state index in [-0.39, 0.29) is 16.9 Å². The molecule has 0 saturated heterocycles. The van der Waals surface area contributed by atoms with Crippen molar-refractivity contribution in [2.24, 2.45) is 0 Å². The van der Waals surface area contributed by atoms with Gasteiger partial charge in [0.05, 0.1) is 11.3 Å². The molecule has 9 heteroatoms. The molecule has 0 aliphatic heterocycles. The molecule has 24 heavy (non-hydrogen) atoms. The normalized spacial score (nSPS) is 12.8. The van der Waals surface area contributed by atoms with Crippen LogP contribution in [0.2, 0.25) is 0 Å². The van der Waals surface area contributed by atoms with Gasteiger partial charge in [0.25, 0.3) is 0 Å². The van der Waals surface area contributed by atoms with Crippen molar-refractivity contribution in [2.45, 2.75) is 19.3 Å². The number of aryl methyl sites for hydroxylation is 1. The van der Waals surface area contributed by atoms with Gasteiger partial charge in [-0.15, -0.1) is 0 Å². The van der Waals surface area contributed by atoms with Gasteiger partial charge in [-0.1, -0.05) is 0 Å². The van der Waals surface area contributed by atoms with Crippen LogP contribution in [0.5, 0.6) is 0 Å². The van der Waals surface area contributed by atoms with Crippen LogP contribution in [0.3, 0.4) is 0 Å². The van der Waals surface area contributed by atoms with Gasteiger partial charge in [-0.05, 0) is 37.3 Å². The zero-order valence-corrected chi connectivity index (χ0v) is 12.1. The molecule has 0 unspecified atom stereocenters. The number of aromatic nitrogens is 3. The monoisotopic (exact) mass is 345 g/mol. The molecule has 1 aromatic carbocycles. The van der Waals surface area contributed by atoms with Crippen LogP contribution in [0, 0.1) is 6.92 Å². The van der Waals surface area contributed by atoms with Crippen LogP contribution in [0.4, 0.5) is 26.3 Å². The van der Waals surface area contributed by atoms with E-state index in [4.69, 9.17) is 0 Å². The minimum atomic E-state index is -4.71. The molecule has 0 radical (unpaired) electrons. The summed E-state index contributed by atoms with van der Waals surface area (Å²) < 4.78 is 78.5. The number of nitrogens with zero attached hydrogens (tertiary/aromatic N) is 3. The van der Waals surface area contributed by atoms with E-state index in [1.807, 2.05) is 0 Å². The van der Waals surface area contributed by atoms with E-state index < -0.39 is 23.6 Å². The Morgan fingerprint density at radius 3 is 2.08 bits per heavy atom. The number of alkyl halides is 6. The third-order valence-electron chi connectivity index (χ3n) is 3.37. The van der Waals surface area contributed by atoms with Crippen LogP contribution in [-0.2, 0) is 12.4 Å². The lowest BCUT2D eigenvalue weighted by Crippen LogP contribution is -2.13. The van der Waals surface area contributed by atoms with Crippen LogP contribution < -0.4 is 0 Å². The summed E-state index contributed by atoms with van der Waals surface area (Å²) in [5.41, 5.74) is -1.75. The van der Waals surface area contributed by atoms with E-state index in [2.05, 4.69) is 9.97 Å². The highest BCUT2D eigenvalue weighted by molar-refractivity contribution is 5.76. The summed E-state index contributed by atoms with van der Waals surface area (Å²) in [4.78, 5) is 7.93. The van der Waals surface area contributed by atoms with Crippen LogP contribution in [0.1, 0.15) is 17.0 Å². The molecule has 0 bridgehead atoms. The highest BCUT2D eigenvalue weighted by Crippen LogP contribution is 2.36. The van der Waals surface area contributed by atoms with Crippen molar-refractivity contribution in [1.29, 1.82) is 0 Å². The first-order valence-corrected chi connectivity index (χ1v) is 6.67. The van der Waals surface area contributed by atoms with Gasteiger partial charge < -0.3 is 0 Å². The lowest BCUT2D eigenvalue weighted by atomic mass is 10.2. The lowest BCUT2D eigenvalue weighted by Gasteiger charge is -2.14. The summed E-state index contributed by atoms with van der Waals surface area (Å²) in [5, 5.41) is 0. The summed E-state index contributed by atoms with van der Waals surface area (Å²) in [6.45, 7) is 1.56. The van der Waals surface area contributed by atoms with Gasteiger partial charge >= 0.3 is 12.4 Å². The maximum atomic E-state index is 13.3. The predicted molar refractivity (Wildman–Crippen MR) is 73.6 cm³/mol. The molecular formula is C15H9F6N3. The van der Waals surface area contributed by atoms with Gasteiger partial charge in [0.2, 0.25) is 0 Å². The van der Waals surface area contributed by atoms with E-state index in [1.54, 1.807) is 6.92 Å². The van der Waals surface area contributed by atoms with Gasteiger partial charge in [-0.25, -0.2) is 4.98 Å². The van der Waals surface area contributed by atoms with Crippen LogP contribution in [0.15, 0.2) is 36.5 Å². The van der Waals surface area contributed by atoms with Gasteiger partial charge in [-0.3, -0.25) is 9.55 Å². The Morgan fingerprint density at radius 2 is 1.54 bits per heavy atom. The van der Waals surface area contributed by atoms with Crippen molar-refractivity contribution in [2.75, 3.05) is 0 Å². The van der Waals surface area contributed by atoms with E-state index in [0.29, 0.717) is 5.69 Å². The zero-order chi connectivity index (χ0) is 17.7. The number of halogens is 6. The van der Waals surface area contributed by atoms with Crippen molar-refractivity contribution in [1.82, 2.24) is 14.5 Å². The van der Waals surface area contributed by atoms with Gasteiger partial charge in [0.1, 0.15) is 11.2 Å². The highest BCUT2D eigenvalue weighted by Gasteiger charge is 2.37. The number of rotatable bonds is 1. The molecule has 0 N–H and O–H groups in total. The Morgan fingerprint density at radius 1 is 0.917 bits per heavy atom. The van der Waals surface area contributed by atoms with Crippen molar-refractivity contribution in [3.05, 3.63) is 53.5 Å². The fourth-order valence-electron chi connectivity index (χ4n) is 2.32. The average Bonchev–Trinajstić information content (AvgIpc) is 2.85. The van der Waals surface area contributed by atoms with E-state index in [9.17, 15) is 26.3 Å². The minimum Gasteiger partial charge on any atom is -0.288 e. The Hall–Kier alpha value is -2.58. The molecule has 0 fully saturated rings. The zero-order valence-electron chi connectivity index (χ0n) is 12.1. The summed E-state index contributed by atoms with van der Waals surface area (Å²) in [6.07, 6.45) is -7.96. The second-order valence-corrected chi connectivity index (χ2v) is 5.13. The van der Waals surface area contributed by atoms with E-state index >= 15 is 0 Å². The number of benzene rings is 1. The predicted octanol–water partition coefficient (Wildman–Crippen LogP) is 4.77. The van der Waals surface area contributed by atoms with Crippen LogP contribution in [0.25, 0.3) is 16.9 Å². The lowest BCUT2D eigenvalue weighted by molar-refractivity contribution is -0.142. The van der Waals surface area contributed by atoms with Crippen molar-refractivity contribution < 1.29 is 26.3 Å². The molecule has 0 spiro atoms. The Balaban J connectivity index is 2.26. The molecule has 0 atom stereocenters. The highest BCUT2D eigenvalue weighted by atomic mass is 19.4. The van der Waals surface area contributed by atoms with Crippen molar-refractivity contribution in [3.8, 4) is 5.69 Å².